The molecule has 4 rings (SSSR count). The Morgan fingerprint density at radius 2 is 1.50 bits per heavy atom. The number of nitrogens with zero attached hydrogens (tertiary/aromatic N) is 2. The number of carbonyl (C=O) groups is 2. The van der Waals surface area contributed by atoms with E-state index in [1.807, 2.05) is 69.3 Å². The van der Waals surface area contributed by atoms with E-state index in [0.29, 0.717) is 22.8 Å². The summed E-state index contributed by atoms with van der Waals surface area (Å²) in [6, 6.07) is 29.1. The van der Waals surface area contributed by atoms with Gasteiger partial charge in [0.1, 0.15) is 12.6 Å². The van der Waals surface area contributed by atoms with E-state index in [2.05, 4.69) is 5.32 Å². The van der Waals surface area contributed by atoms with Crippen molar-refractivity contribution in [2.75, 3.05) is 17.4 Å². The molecular weight excluding hydrogens is 594 g/mol. The molecule has 0 heterocycles. The van der Waals surface area contributed by atoms with Gasteiger partial charge in [-0.1, -0.05) is 96.9 Å². The molecule has 0 aliphatic carbocycles. The van der Waals surface area contributed by atoms with Crippen LogP contribution in [0.2, 0.25) is 5.02 Å². The minimum Gasteiger partial charge on any atom is -0.354 e. The summed E-state index contributed by atoms with van der Waals surface area (Å²) in [6.07, 6.45) is 0.972. The van der Waals surface area contributed by atoms with Gasteiger partial charge in [-0.05, 0) is 67.3 Å². The van der Waals surface area contributed by atoms with E-state index < -0.39 is 28.5 Å². The second kappa shape index (κ2) is 15.0. The summed E-state index contributed by atoms with van der Waals surface area (Å²) in [5.74, 6) is -0.827. The lowest BCUT2D eigenvalue weighted by Gasteiger charge is -2.34. The number of rotatable bonds is 13. The normalized spacial score (nSPS) is 11.9. The van der Waals surface area contributed by atoms with Gasteiger partial charge in [0.25, 0.3) is 10.0 Å². The van der Waals surface area contributed by atoms with Gasteiger partial charge >= 0.3 is 0 Å². The van der Waals surface area contributed by atoms with Gasteiger partial charge in [-0.25, -0.2) is 8.42 Å². The Bertz CT molecular complexity index is 1680. The monoisotopic (exact) mass is 631 g/mol. The van der Waals surface area contributed by atoms with Crippen molar-refractivity contribution in [1.82, 2.24) is 10.2 Å². The van der Waals surface area contributed by atoms with Crippen LogP contribution >= 0.6 is 11.6 Å². The molecule has 0 radical (unpaired) electrons. The van der Waals surface area contributed by atoms with Gasteiger partial charge in [0.2, 0.25) is 11.8 Å². The molecule has 0 aliphatic rings. The summed E-state index contributed by atoms with van der Waals surface area (Å²) >= 11 is 6.30. The third-order valence-electron chi connectivity index (χ3n) is 7.29. The lowest BCUT2D eigenvalue weighted by Crippen LogP contribution is -2.53. The summed E-state index contributed by atoms with van der Waals surface area (Å²) in [7, 11) is -4.15. The van der Waals surface area contributed by atoms with Crippen LogP contribution < -0.4 is 9.62 Å². The van der Waals surface area contributed by atoms with E-state index in [9.17, 15) is 18.0 Å². The van der Waals surface area contributed by atoms with Gasteiger partial charge in [0, 0.05) is 24.5 Å². The second-order valence-corrected chi connectivity index (χ2v) is 13.1. The molecule has 9 heteroatoms. The summed E-state index contributed by atoms with van der Waals surface area (Å²) in [4.78, 5) is 29.7. The van der Waals surface area contributed by atoms with Crippen molar-refractivity contribution in [3.05, 3.63) is 130 Å². The number of carbonyl (C=O) groups excluding carboxylic acids is 2. The highest BCUT2D eigenvalue weighted by atomic mass is 35.5. The molecule has 0 saturated carbocycles. The number of nitrogens with one attached hydrogen (secondary N) is 1. The van der Waals surface area contributed by atoms with E-state index in [4.69, 9.17) is 11.6 Å². The highest BCUT2D eigenvalue weighted by molar-refractivity contribution is 7.92. The average molecular weight is 632 g/mol. The molecule has 0 unspecified atom stereocenters. The number of anilines is 1. The predicted molar refractivity (Wildman–Crippen MR) is 176 cm³/mol. The molecule has 0 aliphatic heterocycles. The van der Waals surface area contributed by atoms with Crippen molar-refractivity contribution in [1.29, 1.82) is 0 Å². The molecule has 0 bridgehead atoms. The largest absolute Gasteiger partial charge is 0.354 e. The first-order valence-electron chi connectivity index (χ1n) is 14.6. The first kappa shape index (κ1) is 32.8. The molecule has 0 fully saturated rings. The lowest BCUT2D eigenvalue weighted by atomic mass is 10.0. The van der Waals surface area contributed by atoms with Crippen LogP contribution in [0.15, 0.2) is 108 Å². The van der Waals surface area contributed by atoms with Gasteiger partial charge in [-0.3, -0.25) is 13.9 Å². The highest BCUT2D eigenvalue weighted by Gasteiger charge is 2.35. The first-order valence-corrected chi connectivity index (χ1v) is 16.4. The number of amides is 2. The summed E-state index contributed by atoms with van der Waals surface area (Å²) < 4.78 is 29.4. The molecule has 7 nitrogen and oxygen atoms in total. The Morgan fingerprint density at radius 3 is 2.14 bits per heavy atom. The number of aryl methyl sites for hydroxylation is 2. The maximum atomic E-state index is 14.5. The minimum atomic E-state index is -4.15. The van der Waals surface area contributed by atoms with Gasteiger partial charge < -0.3 is 10.2 Å². The van der Waals surface area contributed by atoms with Crippen molar-refractivity contribution < 1.29 is 18.0 Å². The van der Waals surface area contributed by atoms with Crippen molar-refractivity contribution in [2.24, 2.45) is 0 Å². The Hall–Kier alpha value is -4.14. The third kappa shape index (κ3) is 8.27. The average Bonchev–Trinajstić information content (AvgIpc) is 3.01. The van der Waals surface area contributed by atoms with Crippen LogP contribution in [0, 0.1) is 13.8 Å². The molecule has 4 aromatic rings. The summed E-state index contributed by atoms with van der Waals surface area (Å²) in [5.41, 5.74) is 3.66. The molecular formula is C35H38ClN3O4S. The number of hydrogen-bond donors (Lipinski definition) is 1. The maximum absolute atomic E-state index is 14.5. The molecule has 0 saturated heterocycles. The van der Waals surface area contributed by atoms with Gasteiger partial charge in [-0.2, -0.15) is 0 Å². The van der Waals surface area contributed by atoms with Crippen LogP contribution in [0.5, 0.6) is 0 Å². The zero-order valence-corrected chi connectivity index (χ0v) is 26.8. The Kier molecular flexibility index (Phi) is 11.2. The fourth-order valence-corrected chi connectivity index (χ4v) is 6.78. The Morgan fingerprint density at radius 1 is 0.841 bits per heavy atom. The topological polar surface area (TPSA) is 86.8 Å². The second-order valence-electron chi connectivity index (χ2n) is 10.8. The van der Waals surface area contributed by atoms with Crippen molar-refractivity contribution in [3.63, 3.8) is 0 Å². The van der Waals surface area contributed by atoms with Crippen molar-refractivity contribution in [3.8, 4) is 0 Å². The maximum Gasteiger partial charge on any atom is 0.264 e. The van der Waals surface area contributed by atoms with Crippen LogP contribution in [-0.4, -0.2) is 44.3 Å². The number of benzene rings is 4. The van der Waals surface area contributed by atoms with Crippen molar-refractivity contribution >= 4 is 39.1 Å². The van der Waals surface area contributed by atoms with Gasteiger partial charge in [0.05, 0.1) is 10.6 Å². The molecule has 0 aromatic heterocycles. The number of hydrogen-bond acceptors (Lipinski definition) is 4. The quantitative estimate of drug-likeness (QED) is 0.187. The van der Waals surface area contributed by atoms with Crippen LogP contribution in [0.4, 0.5) is 5.69 Å². The number of halogens is 1. The van der Waals surface area contributed by atoms with E-state index in [0.717, 1.165) is 27.4 Å². The molecule has 1 N–H and O–H groups in total. The Labute approximate surface area is 265 Å². The SMILES string of the molecule is CCCNC(=O)[C@H](Cc1ccccc1)N(Cc1cccc(Cl)c1)C(=O)CN(c1ccc(C)cc1C)S(=O)(=O)c1ccccc1. The lowest BCUT2D eigenvalue weighted by molar-refractivity contribution is -0.140. The summed E-state index contributed by atoms with van der Waals surface area (Å²) in [5, 5.41) is 3.44. The van der Waals surface area contributed by atoms with Crippen molar-refractivity contribution in [2.45, 2.75) is 51.1 Å². The van der Waals surface area contributed by atoms with Crippen LogP contribution in [0.1, 0.15) is 35.6 Å². The van der Waals surface area contributed by atoms with Crippen LogP contribution in [0.3, 0.4) is 0 Å². The predicted octanol–water partition coefficient (Wildman–Crippen LogP) is 6.32. The first-order chi connectivity index (χ1) is 21.1. The van der Waals surface area contributed by atoms with Crippen LogP contribution in [-0.2, 0) is 32.6 Å². The zero-order valence-electron chi connectivity index (χ0n) is 25.2. The fourth-order valence-electron chi connectivity index (χ4n) is 5.07. The minimum absolute atomic E-state index is 0.0581. The third-order valence-corrected chi connectivity index (χ3v) is 9.30. The van der Waals surface area contributed by atoms with E-state index in [-0.39, 0.29) is 23.8 Å². The molecule has 230 valence electrons. The highest BCUT2D eigenvalue weighted by Crippen LogP contribution is 2.28. The molecule has 44 heavy (non-hydrogen) atoms. The Balaban J connectivity index is 1.81. The van der Waals surface area contributed by atoms with E-state index in [1.54, 1.807) is 42.5 Å². The van der Waals surface area contributed by atoms with Crippen LogP contribution in [0.25, 0.3) is 0 Å². The smallest absolute Gasteiger partial charge is 0.264 e. The van der Waals surface area contributed by atoms with E-state index >= 15 is 0 Å². The zero-order chi connectivity index (χ0) is 31.7. The van der Waals surface area contributed by atoms with Gasteiger partial charge in [0.15, 0.2) is 0 Å². The molecule has 2 amide bonds. The molecule has 4 aromatic carbocycles. The molecule has 1 atom stereocenters. The fraction of sp³-hybridized carbons (Fsp3) is 0.257. The number of sulfonamides is 1. The van der Waals surface area contributed by atoms with Gasteiger partial charge in [-0.15, -0.1) is 0 Å². The molecule has 0 spiro atoms. The standard InChI is InChI=1S/C35H38ClN3O4S/c1-4-20-37-35(41)33(23-28-12-7-5-8-13-28)38(24-29-14-11-15-30(36)22-29)34(40)25-39(32-19-18-26(2)21-27(32)3)44(42,43)31-16-9-6-10-17-31/h5-19,21-22,33H,4,20,23-25H2,1-3H3,(H,37,41)/t33-/m0/s1. The summed E-state index contributed by atoms with van der Waals surface area (Å²) in [6.45, 7) is 5.70. The van der Waals surface area contributed by atoms with E-state index in [1.165, 1.54) is 17.0 Å².